The van der Waals surface area contributed by atoms with E-state index in [4.69, 9.17) is 23.2 Å². The van der Waals surface area contributed by atoms with Crippen LogP contribution in [-0.2, 0) is 0 Å². The lowest BCUT2D eigenvalue weighted by Gasteiger charge is -2.07. The minimum atomic E-state index is 0.173. The highest BCUT2D eigenvalue weighted by Gasteiger charge is 2.19. The molecule has 0 radical (unpaired) electrons. The molecule has 1 aromatic heterocycles. The van der Waals surface area contributed by atoms with Crippen LogP contribution in [0.15, 0.2) is 18.3 Å². The van der Waals surface area contributed by atoms with Crippen molar-refractivity contribution in [3.63, 3.8) is 0 Å². The lowest BCUT2D eigenvalue weighted by atomic mass is 9.97. The maximum atomic E-state index is 12.4. The first-order valence-electron chi connectivity index (χ1n) is 7.14. The molecule has 1 N–H and O–H groups in total. The van der Waals surface area contributed by atoms with Gasteiger partial charge in [-0.2, -0.15) is 0 Å². The summed E-state index contributed by atoms with van der Waals surface area (Å²) < 4.78 is 0. The summed E-state index contributed by atoms with van der Waals surface area (Å²) in [5.74, 6) is 0.904. The molecule has 1 fully saturated rings. The monoisotopic (exact) mass is 309 g/mol. The van der Waals surface area contributed by atoms with Crippen molar-refractivity contribution in [2.24, 2.45) is 5.92 Å². The largest absolute Gasteiger partial charge is 0.360 e. The Balaban J connectivity index is 1.80. The number of Topliss-reactive ketones (excluding diaryl/α,β-unsaturated/α-hetero) is 1. The van der Waals surface area contributed by atoms with Gasteiger partial charge in [-0.15, -0.1) is 0 Å². The summed E-state index contributed by atoms with van der Waals surface area (Å²) in [5, 5.41) is 1.92. The summed E-state index contributed by atoms with van der Waals surface area (Å²) in [6.07, 6.45) is 8.54. The van der Waals surface area contributed by atoms with Crippen molar-refractivity contribution in [2.75, 3.05) is 0 Å². The van der Waals surface area contributed by atoms with Gasteiger partial charge < -0.3 is 4.98 Å². The zero-order chi connectivity index (χ0) is 14.1. The third-order valence-electron chi connectivity index (χ3n) is 4.25. The first kappa shape index (κ1) is 14.0. The van der Waals surface area contributed by atoms with Gasteiger partial charge in [0.2, 0.25) is 0 Å². The molecule has 0 amide bonds. The fraction of sp³-hybridized carbons (Fsp3) is 0.438. The zero-order valence-corrected chi connectivity index (χ0v) is 12.7. The predicted molar refractivity (Wildman–Crippen MR) is 83.8 cm³/mol. The second kappa shape index (κ2) is 5.79. The van der Waals surface area contributed by atoms with Gasteiger partial charge in [0.1, 0.15) is 0 Å². The predicted octanol–water partition coefficient (Wildman–Crippen LogP) is 5.63. The molecular formula is C16H17Cl2NO. The number of hydrogen-bond acceptors (Lipinski definition) is 1. The van der Waals surface area contributed by atoms with Gasteiger partial charge in [0.05, 0.1) is 5.02 Å². The molecule has 1 aromatic carbocycles. The molecule has 3 rings (SSSR count). The number of ketones is 1. The molecule has 0 unspecified atom stereocenters. The summed E-state index contributed by atoms with van der Waals surface area (Å²) in [7, 11) is 0. The smallest absolute Gasteiger partial charge is 0.165 e. The average molecular weight is 310 g/mol. The minimum Gasteiger partial charge on any atom is -0.360 e. The standard InChI is InChI=1S/C16H17Cl2NO/c17-11-7-13(18)16-12(9-19-14(16)8-11)15(20)6-5-10-3-1-2-4-10/h7-10,19H,1-6H2. The molecule has 20 heavy (non-hydrogen) atoms. The van der Waals surface area contributed by atoms with Crippen molar-refractivity contribution >= 4 is 39.9 Å². The Bertz CT molecular complexity index is 641. The molecule has 0 atom stereocenters. The third kappa shape index (κ3) is 2.72. The van der Waals surface area contributed by atoms with Crippen LogP contribution in [0.1, 0.15) is 48.9 Å². The van der Waals surface area contributed by atoms with Crippen molar-refractivity contribution < 1.29 is 4.79 Å². The highest BCUT2D eigenvalue weighted by Crippen LogP contribution is 2.33. The fourth-order valence-electron chi connectivity index (χ4n) is 3.17. The first-order chi connectivity index (χ1) is 9.65. The fourth-order valence-corrected chi connectivity index (χ4v) is 3.77. The summed E-state index contributed by atoms with van der Waals surface area (Å²) in [6.45, 7) is 0. The van der Waals surface area contributed by atoms with E-state index in [1.165, 1.54) is 25.7 Å². The minimum absolute atomic E-state index is 0.173. The highest BCUT2D eigenvalue weighted by atomic mass is 35.5. The lowest BCUT2D eigenvalue weighted by molar-refractivity contribution is 0.0975. The highest BCUT2D eigenvalue weighted by molar-refractivity contribution is 6.39. The summed E-state index contributed by atoms with van der Waals surface area (Å²) in [4.78, 5) is 15.5. The Labute approximate surface area is 128 Å². The van der Waals surface area contributed by atoms with Crippen LogP contribution in [0, 0.1) is 5.92 Å². The van der Waals surface area contributed by atoms with E-state index in [0.29, 0.717) is 22.0 Å². The van der Waals surface area contributed by atoms with E-state index in [0.717, 1.165) is 23.2 Å². The summed E-state index contributed by atoms with van der Waals surface area (Å²) in [5.41, 5.74) is 1.52. The van der Waals surface area contributed by atoms with Crippen LogP contribution in [0.2, 0.25) is 10.0 Å². The number of H-pyrrole nitrogens is 1. The molecule has 4 heteroatoms. The van der Waals surface area contributed by atoms with Crippen molar-refractivity contribution in [3.05, 3.63) is 33.9 Å². The van der Waals surface area contributed by atoms with E-state index in [2.05, 4.69) is 4.98 Å². The number of carbonyl (C=O) groups is 1. The average Bonchev–Trinajstić information content (AvgIpc) is 3.04. The number of aromatic amines is 1. The van der Waals surface area contributed by atoms with Gasteiger partial charge in [0, 0.05) is 34.1 Å². The maximum absolute atomic E-state index is 12.4. The molecule has 2 aromatic rings. The van der Waals surface area contributed by atoms with Crippen LogP contribution in [0.4, 0.5) is 0 Å². The molecule has 1 aliphatic carbocycles. The summed E-state index contributed by atoms with van der Waals surface area (Å²) >= 11 is 12.2. The number of hydrogen-bond donors (Lipinski definition) is 1. The van der Waals surface area contributed by atoms with Gasteiger partial charge in [-0.1, -0.05) is 48.9 Å². The quantitative estimate of drug-likeness (QED) is 0.730. The van der Waals surface area contributed by atoms with Crippen LogP contribution in [0.25, 0.3) is 10.9 Å². The first-order valence-corrected chi connectivity index (χ1v) is 7.90. The number of halogens is 2. The van der Waals surface area contributed by atoms with Crippen LogP contribution in [0.5, 0.6) is 0 Å². The van der Waals surface area contributed by atoms with Crippen LogP contribution >= 0.6 is 23.2 Å². The molecule has 1 saturated carbocycles. The molecule has 0 aliphatic heterocycles. The van der Waals surface area contributed by atoms with E-state index in [-0.39, 0.29) is 5.78 Å². The van der Waals surface area contributed by atoms with Crippen LogP contribution < -0.4 is 0 Å². The lowest BCUT2D eigenvalue weighted by Crippen LogP contribution is -2.02. The Kier molecular flexibility index (Phi) is 4.04. The molecule has 2 nitrogen and oxygen atoms in total. The topological polar surface area (TPSA) is 32.9 Å². The molecule has 1 aliphatic rings. The van der Waals surface area contributed by atoms with Gasteiger partial charge >= 0.3 is 0 Å². The molecule has 0 bridgehead atoms. The number of aromatic nitrogens is 1. The van der Waals surface area contributed by atoms with E-state index in [9.17, 15) is 4.79 Å². The van der Waals surface area contributed by atoms with Gasteiger partial charge in [-0.3, -0.25) is 4.79 Å². The Morgan fingerprint density at radius 1 is 1.25 bits per heavy atom. The Morgan fingerprint density at radius 3 is 2.75 bits per heavy atom. The number of nitrogens with one attached hydrogen (secondary N) is 1. The number of benzene rings is 1. The van der Waals surface area contributed by atoms with Gasteiger partial charge in [-0.25, -0.2) is 0 Å². The van der Waals surface area contributed by atoms with E-state index < -0.39 is 0 Å². The normalized spacial score (nSPS) is 16.1. The molecule has 106 valence electrons. The zero-order valence-electron chi connectivity index (χ0n) is 11.2. The number of carbonyl (C=O) groups excluding carboxylic acids is 1. The summed E-state index contributed by atoms with van der Waals surface area (Å²) in [6, 6.07) is 3.49. The maximum Gasteiger partial charge on any atom is 0.165 e. The van der Waals surface area contributed by atoms with Gasteiger partial charge in [0.25, 0.3) is 0 Å². The number of rotatable bonds is 4. The van der Waals surface area contributed by atoms with Crippen LogP contribution in [0.3, 0.4) is 0 Å². The van der Waals surface area contributed by atoms with E-state index in [1.807, 2.05) is 0 Å². The second-order valence-electron chi connectivity index (χ2n) is 5.62. The Morgan fingerprint density at radius 2 is 2.00 bits per heavy atom. The Hall–Kier alpha value is -0.990. The van der Waals surface area contributed by atoms with E-state index >= 15 is 0 Å². The molecule has 0 spiro atoms. The van der Waals surface area contributed by atoms with Crippen molar-refractivity contribution in [1.29, 1.82) is 0 Å². The van der Waals surface area contributed by atoms with Gasteiger partial charge in [-0.05, 0) is 24.5 Å². The van der Waals surface area contributed by atoms with Crippen molar-refractivity contribution in [2.45, 2.75) is 38.5 Å². The van der Waals surface area contributed by atoms with Gasteiger partial charge in [0.15, 0.2) is 5.78 Å². The molecular weight excluding hydrogens is 293 g/mol. The molecule has 0 saturated heterocycles. The second-order valence-corrected chi connectivity index (χ2v) is 6.47. The van der Waals surface area contributed by atoms with Crippen molar-refractivity contribution in [1.82, 2.24) is 4.98 Å². The number of fused-ring (bicyclic) bond motifs is 1. The third-order valence-corrected chi connectivity index (χ3v) is 4.77. The molecule has 1 heterocycles. The van der Waals surface area contributed by atoms with Crippen molar-refractivity contribution in [3.8, 4) is 0 Å². The van der Waals surface area contributed by atoms with E-state index in [1.54, 1.807) is 18.3 Å². The van der Waals surface area contributed by atoms with Crippen LogP contribution in [-0.4, -0.2) is 10.8 Å². The SMILES string of the molecule is O=C(CCC1CCCC1)c1c[nH]c2cc(Cl)cc(Cl)c12.